The van der Waals surface area contributed by atoms with Crippen LogP contribution >= 0.6 is 24.4 Å². The van der Waals surface area contributed by atoms with Crippen LogP contribution in [-0.2, 0) is 4.74 Å². The zero-order valence-electron chi connectivity index (χ0n) is 16.4. The molecular weight excluding hydrogens is 396 g/mol. The molecule has 0 bridgehead atoms. The van der Waals surface area contributed by atoms with Gasteiger partial charge in [0, 0.05) is 34.3 Å². The van der Waals surface area contributed by atoms with Crippen molar-refractivity contribution in [3.63, 3.8) is 0 Å². The number of carbonyl (C=O) groups excluding carboxylic acids is 1. The van der Waals surface area contributed by atoms with Crippen molar-refractivity contribution in [3.05, 3.63) is 48.0 Å². The molecule has 0 saturated heterocycles. The molecule has 2 rings (SSSR count). The van der Waals surface area contributed by atoms with Gasteiger partial charge >= 0.3 is 5.97 Å². The van der Waals surface area contributed by atoms with Crippen LogP contribution in [0.4, 0.5) is 0 Å². The van der Waals surface area contributed by atoms with Gasteiger partial charge in [0.2, 0.25) is 0 Å². The first-order valence-electron chi connectivity index (χ1n) is 8.33. The molecule has 0 spiro atoms. The molecule has 2 aromatic rings. The lowest BCUT2D eigenvalue weighted by Gasteiger charge is -2.18. The van der Waals surface area contributed by atoms with Crippen molar-refractivity contribution >= 4 is 40.8 Å². The summed E-state index contributed by atoms with van der Waals surface area (Å²) in [4.78, 5) is 15.0. The van der Waals surface area contributed by atoms with E-state index in [1.807, 2.05) is 24.3 Å². The van der Waals surface area contributed by atoms with E-state index in [0.717, 1.165) is 11.1 Å². The Morgan fingerprint density at radius 3 is 1.64 bits per heavy atom. The van der Waals surface area contributed by atoms with E-state index in [-0.39, 0.29) is 5.97 Å². The molecule has 2 aromatic carbocycles. The van der Waals surface area contributed by atoms with Gasteiger partial charge in [-0.1, -0.05) is 12.1 Å². The van der Waals surface area contributed by atoms with Gasteiger partial charge in [-0.3, -0.25) is 0 Å². The summed E-state index contributed by atoms with van der Waals surface area (Å²) in [5.74, 6) is 0.648. The lowest BCUT2D eigenvalue weighted by molar-refractivity contribution is 0.0600. The third kappa shape index (κ3) is 5.64. The lowest BCUT2D eigenvalue weighted by atomic mass is 10.0. The normalized spacial score (nSPS) is 10.0. The SMILES string of the molecule is COC(=O)c1ccc(-c2cc(OC(=S)N(C)C)cc(OC(=S)N(C)C)c2)cc1. The molecule has 148 valence electrons. The average molecular weight is 419 g/mol. The molecule has 0 atom stereocenters. The van der Waals surface area contributed by atoms with Gasteiger partial charge in [0.25, 0.3) is 10.3 Å². The van der Waals surface area contributed by atoms with E-state index in [2.05, 4.69) is 0 Å². The highest BCUT2D eigenvalue weighted by Crippen LogP contribution is 2.31. The Balaban J connectivity index is 2.42. The molecule has 0 aromatic heterocycles. The fourth-order valence-electron chi connectivity index (χ4n) is 2.16. The Hall–Kier alpha value is -2.71. The number of hydrogen-bond donors (Lipinski definition) is 0. The smallest absolute Gasteiger partial charge is 0.337 e. The van der Waals surface area contributed by atoms with Crippen molar-refractivity contribution in [1.29, 1.82) is 0 Å². The standard InChI is InChI=1S/C20H22N2O4S2/c1-21(2)19(27)25-16-10-15(11-17(12-16)26-20(28)22(3)4)13-6-8-14(9-7-13)18(23)24-5/h6-12H,1-5H3. The molecule has 0 heterocycles. The number of hydrogen-bond acceptors (Lipinski definition) is 6. The summed E-state index contributed by atoms with van der Waals surface area (Å²) in [7, 11) is 8.56. The maximum Gasteiger partial charge on any atom is 0.337 e. The molecule has 28 heavy (non-hydrogen) atoms. The van der Waals surface area contributed by atoms with Gasteiger partial charge in [-0.15, -0.1) is 0 Å². The van der Waals surface area contributed by atoms with Gasteiger partial charge < -0.3 is 24.0 Å². The number of methoxy groups -OCH3 is 1. The van der Waals surface area contributed by atoms with Gasteiger partial charge in [-0.2, -0.15) is 0 Å². The Morgan fingerprint density at radius 2 is 1.25 bits per heavy atom. The van der Waals surface area contributed by atoms with Crippen LogP contribution in [0.15, 0.2) is 42.5 Å². The van der Waals surface area contributed by atoms with E-state index in [1.54, 1.807) is 56.2 Å². The topological polar surface area (TPSA) is 51.2 Å². The minimum absolute atomic E-state index is 0.319. The van der Waals surface area contributed by atoms with E-state index in [4.69, 9.17) is 38.6 Å². The Morgan fingerprint density at radius 1 is 0.786 bits per heavy atom. The fourth-order valence-corrected chi connectivity index (χ4v) is 2.35. The molecule has 0 fully saturated rings. The number of nitrogens with zero attached hydrogens (tertiary/aromatic N) is 2. The summed E-state index contributed by atoms with van der Waals surface area (Å²) in [5.41, 5.74) is 2.17. The Labute approximate surface area is 175 Å². The zero-order valence-corrected chi connectivity index (χ0v) is 18.0. The first kappa shape index (κ1) is 21.6. The second-order valence-electron chi connectivity index (χ2n) is 6.29. The summed E-state index contributed by atoms with van der Waals surface area (Å²) in [6, 6.07) is 12.4. The maximum atomic E-state index is 11.6. The van der Waals surface area contributed by atoms with Gasteiger partial charge in [-0.05, 0) is 59.8 Å². The van der Waals surface area contributed by atoms with E-state index in [1.165, 1.54) is 7.11 Å². The minimum Gasteiger partial charge on any atom is -0.465 e. The minimum atomic E-state index is -0.389. The number of rotatable bonds is 4. The molecular formula is C20H22N2O4S2. The predicted octanol–water partition coefficient (Wildman–Crippen LogP) is 3.59. The second kappa shape index (κ2) is 9.48. The third-order valence-corrected chi connectivity index (χ3v) is 4.56. The highest BCUT2D eigenvalue weighted by atomic mass is 32.1. The van der Waals surface area contributed by atoms with Gasteiger partial charge in [-0.25, -0.2) is 4.79 Å². The highest BCUT2D eigenvalue weighted by molar-refractivity contribution is 7.80. The van der Waals surface area contributed by atoms with Crippen molar-refractivity contribution in [2.45, 2.75) is 0 Å². The molecule has 6 nitrogen and oxygen atoms in total. The first-order chi connectivity index (χ1) is 13.2. The number of ether oxygens (including phenoxy) is 3. The number of thiocarbonyl (C=S) groups is 2. The molecule has 0 aliphatic rings. The number of carbonyl (C=O) groups is 1. The van der Waals surface area contributed by atoms with Crippen LogP contribution in [0.2, 0.25) is 0 Å². The van der Waals surface area contributed by atoms with Crippen molar-refractivity contribution < 1.29 is 19.0 Å². The fraction of sp³-hybridized carbons (Fsp3) is 0.250. The molecule has 0 aliphatic heterocycles. The summed E-state index contributed by atoms with van der Waals surface area (Å²) < 4.78 is 16.2. The Bertz CT molecular complexity index is 840. The average Bonchev–Trinajstić information content (AvgIpc) is 2.67. The van der Waals surface area contributed by atoms with Crippen LogP contribution in [0.1, 0.15) is 10.4 Å². The number of benzene rings is 2. The van der Waals surface area contributed by atoms with E-state index >= 15 is 0 Å². The quantitative estimate of drug-likeness (QED) is 0.552. The summed E-state index contributed by atoms with van der Waals surface area (Å²) in [6.07, 6.45) is 0. The van der Waals surface area contributed by atoms with Crippen LogP contribution in [-0.4, -0.2) is 61.4 Å². The van der Waals surface area contributed by atoms with Crippen molar-refractivity contribution in [2.75, 3.05) is 35.3 Å². The molecule has 0 N–H and O–H groups in total. The monoisotopic (exact) mass is 418 g/mol. The molecule has 0 aliphatic carbocycles. The molecule has 0 radical (unpaired) electrons. The van der Waals surface area contributed by atoms with Crippen LogP contribution in [0.25, 0.3) is 11.1 Å². The van der Waals surface area contributed by atoms with Crippen LogP contribution < -0.4 is 9.47 Å². The maximum absolute atomic E-state index is 11.6. The number of esters is 1. The molecule has 0 saturated carbocycles. The predicted molar refractivity (Wildman–Crippen MR) is 117 cm³/mol. The highest BCUT2D eigenvalue weighted by Gasteiger charge is 2.12. The van der Waals surface area contributed by atoms with Crippen molar-refractivity contribution in [2.24, 2.45) is 0 Å². The van der Waals surface area contributed by atoms with Crippen molar-refractivity contribution in [1.82, 2.24) is 9.80 Å². The second-order valence-corrected chi connectivity index (χ2v) is 6.99. The van der Waals surface area contributed by atoms with E-state index in [9.17, 15) is 4.79 Å². The van der Waals surface area contributed by atoms with Gasteiger partial charge in [0.1, 0.15) is 11.5 Å². The van der Waals surface area contributed by atoms with Gasteiger partial charge in [0.05, 0.1) is 12.7 Å². The molecule has 0 unspecified atom stereocenters. The molecule has 0 amide bonds. The van der Waals surface area contributed by atoms with E-state index < -0.39 is 0 Å². The summed E-state index contributed by atoms with van der Waals surface area (Å²) in [5, 5.41) is 0.638. The van der Waals surface area contributed by atoms with Crippen LogP contribution in [0, 0.1) is 0 Å². The molecule has 8 heteroatoms. The van der Waals surface area contributed by atoms with Crippen molar-refractivity contribution in [3.8, 4) is 22.6 Å². The summed E-state index contributed by atoms with van der Waals surface area (Å²) in [6.45, 7) is 0. The summed E-state index contributed by atoms with van der Waals surface area (Å²) >= 11 is 10.5. The first-order valence-corrected chi connectivity index (χ1v) is 9.15. The van der Waals surface area contributed by atoms with Crippen LogP contribution in [0.3, 0.4) is 0 Å². The van der Waals surface area contributed by atoms with Crippen LogP contribution in [0.5, 0.6) is 11.5 Å². The Kier molecular flexibility index (Phi) is 7.31. The largest absolute Gasteiger partial charge is 0.465 e. The third-order valence-electron chi connectivity index (χ3n) is 3.66. The zero-order chi connectivity index (χ0) is 20.8. The van der Waals surface area contributed by atoms with Gasteiger partial charge in [0.15, 0.2) is 0 Å². The lowest BCUT2D eigenvalue weighted by Crippen LogP contribution is -2.26. The van der Waals surface area contributed by atoms with E-state index in [0.29, 0.717) is 27.4 Å².